The van der Waals surface area contributed by atoms with Crippen LogP contribution in [0.4, 0.5) is 0 Å². The molecule has 0 nitrogen and oxygen atoms in total. The van der Waals surface area contributed by atoms with Gasteiger partial charge >= 0.3 is 0 Å². The molecular formula is C16H26. The highest BCUT2D eigenvalue weighted by Crippen LogP contribution is 2.25. The van der Waals surface area contributed by atoms with Crippen molar-refractivity contribution in [2.75, 3.05) is 0 Å². The van der Waals surface area contributed by atoms with Crippen LogP contribution in [-0.4, -0.2) is 0 Å². The van der Waals surface area contributed by atoms with Gasteiger partial charge in [-0.25, -0.2) is 0 Å². The quantitative estimate of drug-likeness (QED) is 0.634. The Balaban J connectivity index is 2.44. The van der Waals surface area contributed by atoms with Gasteiger partial charge in [-0.1, -0.05) is 58.0 Å². The minimum atomic E-state index is 0.811. The zero-order chi connectivity index (χ0) is 12.0. The Morgan fingerprint density at radius 3 is 2.06 bits per heavy atom. The van der Waals surface area contributed by atoms with E-state index >= 15 is 0 Å². The van der Waals surface area contributed by atoms with Crippen molar-refractivity contribution in [2.45, 2.75) is 47.0 Å². The summed E-state index contributed by atoms with van der Waals surface area (Å²) in [5, 5.41) is 0. The van der Waals surface area contributed by atoms with E-state index < -0.39 is 0 Å². The van der Waals surface area contributed by atoms with Crippen LogP contribution in [0.3, 0.4) is 0 Å². The van der Waals surface area contributed by atoms with E-state index in [4.69, 9.17) is 0 Å². The Morgan fingerprint density at radius 2 is 1.56 bits per heavy atom. The molecule has 90 valence electrons. The molecule has 1 unspecified atom stereocenters. The fourth-order valence-corrected chi connectivity index (χ4v) is 2.33. The molecule has 1 aromatic rings. The van der Waals surface area contributed by atoms with Gasteiger partial charge < -0.3 is 0 Å². The molecule has 0 aliphatic heterocycles. The van der Waals surface area contributed by atoms with Crippen LogP contribution in [-0.2, 0) is 6.42 Å². The van der Waals surface area contributed by atoms with Gasteiger partial charge in [0.15, 0.2) is 0 Å². The maximum atomic E-state index is 2.36. The lowest BCUT2D eigenvalue weighted by Gasteiger charge is -2.22. The largest absolute Gasteiger partial charge is 0.0628 e. The Hall–Kier alpha value is -0.780. The second-order valence-electron chi connectivity index (χ2n) is 5.66. The van der Waals surface area contributed by atoms with Crippen LogP contribution >= 0.6 is 0 Å². The van der Waals surface area contributed by atoms with E-state index in [1.54, 1.807) is 0 Å². The topological polar surface area (TPSA) is 0 Å². The third kappa shape index (κ3) is 4.83. The average Bonchev–Trinajstić information content (AvgIpc) is 2.25. The van der Waals surface area contributed by atoms with Gasteiger partial charge in [-0.15, -0.1) is 0 Å². The third-order valence-corrected chi connectivity index (χ3v) is 3.36. The summed E-state index contributed by atoms with van der Waals surface area (Å²) in [5.74, 6) is 2.51. The fraction of sp³-hybridized carbons (Fsp3) is 0.625. The highest BCUT2D eigenvalue weighted by molar-refractivity contribution is 5.14. The Labute approximate surface area is 101 Å². The fourth-order valence-electron chi connectivity index (χ4n) is 2.33. The number of rotatable bonds is 6. The summed E-state index contributed by atoms with van der Waals surface area (Å²) < 4.78 is 0. The van der Waals surface area contributed by atoms with E-state index in [2.05, 4.69) is 58.0 Å². The van der Waals surface area contributed by atoms with Gasteiger partial charge in [0, 0.05) is 0 Å². The maximum absolute atomic E-state index is 2.36. The standard InChI is InChI=1S/C16H26/c1-13(2)12-16(14(3)4)11-10-15-8-6-5-7-9-15/h5-9,13-14,16H,10-12H2,1-4H3. The first kappa shape index (κ1) is 13.3. The first-order chi connectivity index (χ1) is 7.59. The summed E-state index contributed by atoms with van der Waals surface area (Å²) >= 11 is 0. The molecule has 1 rings (SSSR count). The van der Waals surface area contributed by atoms with Gasteiger partial charge in [0.05, 0.1) is 0 Å². The number of benzene rings is 1. The number of hydrogen-bond acceptors (Lipinski definition) is 0. The number of hydrogen-bond donors (Lipinski definition) is 0. The summed E-state index contributed by atoms with van der Waals surface area (Å²) in [6.45, 7) is 9.38. The molecule has 0 aliphatic carbocycles. The van der Waals surface area contributed by atoms with Crippen molar-refractivity contribution >= 4 is 0 Å². The Bertz CT molecular complexity index is 271. The molecular weight excluding hydrogens is 192 g/mol. The number of aryl methyl sites for hydroxylation is 1. The van der Waals surface area contributed by atoms with Crippen molar-refractivity contribution in [1.82, 2.24) is 0 Å². The Kier molecular flexibility index (Phi) is 5.59. The van der Waals surface area contributed by atoms with Gasteiger partial charge in [-0.3, -0.25) is 0 Å². The molecule has 0 saturated carbocycles. The second-order valence-corrected chi connectivity index (χ2v) is 5.66. The van der Waals surface area contributed by atoms with Crippen LogP contribution < -0.4 is 0 Å². The van der Waals surface area contributed by atoms with E-state index in [1.807, 2.05) is 0 Å². The summed E-state index contributed by atoms with van der Waals surface area (Å²) in [4.78, 5) is 0. The van der Waals surface area contributed by atoms with Gasteiger partial charge in [-0.05, 0) is 42.6 Å². The summed E-state index contributed by atoms with van der Waals surface area (Å²) in [6, 6.07) is 10.9. The van der Waals surface area contributed by atoms with Crippen molar-refractivity contribution in [3.63, 3.8) is 0 Å². The molecule has 0 heterocycles. The minimum absolute atomic E-state index is 0.811. The molecule has 0 bridgehead atoms. The van der Waals surface area contributed by atoms with E-state index in [-0.39, 0.29) is 0 Å². The molecule has 0 aliphatic rings. The molecule has 0 amide bonds. The van der Waals surface area contributed by atoms with Gasteiger partial charge in [-0.2, -0.15) is 0 Å². The first-order valence-electron chi connectivity index (χ1n) is 6.63. The average molecular weight is 218 g/mol. The smallest absolute Gasteiger partial charge is 0.0276 e. The van der Waals surface area contributed by atoms with Crippen LogP contribution in [0, 0.1) is 17.8 Å². The van der Waals surface area contributed by atoms with E-state index in [0.29, 0.717) is 0 Å². The highest BCUT2D eigenvalue weighted by atomic mass is 14.2. The predicted octanol–water partition coefficient (Wildman–Crippen LogP) is 4.94. The van der Waals surface area contributed by atoms with Crippen molar-refractivity contribution in [3.05, 3.63) is 35.9 Å². The highest BCUT2D eigenvalue weighted by Gasteiger charge is 2.14. The molecule has 0 N–H and O–H groups in total. The van der Waals surface area contributed by atoms with E-state index in [0.717, 1.165) is 17.8 Å². The molecule has 1 aromatic carbocycles. The lowest BCUT2D eigenvalue weighted by atomic mass is 9.83. The second kappa shape index (κ2) is 6.73. The minimum Gasteiger partial charge on any atom is -0.0628 e. The van der Waals surface area contributed by atoms with Crippen LogP contribution in [0.25, 0.3) is 0 Å². The lowest BCUT2D eigenvalue weighted by Crippen LogP contribution is -2.12. The van der Waals surface area contributed by atoms with Gasteiger partial charge in [0.25, 0.3) is 0 Å². The lowest BCUT2D eigenvalue weighted by molar-refractivity contribution is 0.299. The zero-order valence-corrected chi connectivity index (χ0v) is 11.2. The van der Waals surface area contributed by atoms with E-state index in [1.165, 1.54) is 24.8 Å². The SMILES string of the molecule is CC(C)CC(CCc1ccccc1)C(C)C. The van der Waals surface area contributed by atoms with E-state index in [9.17, 15) is 0 Å². The third-order valence-electron chi connectivity index (χ3n) is 3.36. The molecule has 0 spiro atoms. The van der Waals surface area contributed by atoms with Crippen LogP contribution in [0.5, 0.6) is 0 Å². The molecule has 0 aromatic heterocycles. The first-order valence-corrected chi connectivity index (χ1v) is 6.63. The zero-order valence-electron chi connectivity index (χ0n) is 11.2. The molecule has 0 heteroatoms. The molecule has 0 radical (unpaired) electrons. The van der Waals surface area contributed by atoms with Crippen LogP contribution in [0.1, 0.15) is 46.1 Å². The predicted molar refractivity (Wildman–Crippen MR) is 72.5 cm³/mol. The van der Waals surface area contributed by atoms with Gasteiger partial charge in [0.2, 0.25) is 0 Å². The van der Waals surface area contributed by atoms with Gasteiger partial charge in [0.1, 0.15) is 0 Å². The van der Waals surface area contributed by atoms with Crippen LogP contribution in [0.2, 0.25) is 0 Å². The summed E-state index contributed by atoms with van der Waals surface area (Å²) in [6.07, 6.45) is 3.93. The summed E-state index contributed by atoms with van der Waals surface area (Å²) in [5.41, 5.74) is 1.48. The van der Waals surface area contributed by atoms with Crippen molar-refractivity contribution in [3.8, 4) is 0 Å². The normalized spacial score (nSPS) is 13.4. The summed E-state index contributed by atoms with van der Waals surface area (Å²) in [7, 11) is 0. The van der Waals surface area contributed by atoms with Crippen LogP contribution in [0.15, 0.2) is 30.3 Å². The molecule has 0 fully saturated rings. The molecule has 0 saturated heterocycles. The van der Waals surface area contributed by atoms with Crippen molar-refractivity contribution in [1.29, 1.82) is 0 Å². The molecule has 16 heavy (non-hydrogen) atoms. The maximum Gasteiger partial charge on any atom is -0.0276 e. The van der Waals surface area contributed by atoms with Crippen molar-refractivity contribution in [2.24, 2.45) is 17.8 Å². The Morgan fingerprint density at radius 1 is 0.938 bits per heavy atom. The monoisotopic (exact) mass is 218 g/mol. The molecule has 1 atom stereocenters. The van der Waals surface area contributed by atoms with Crippen molar-refractivity contribution < 1.29 is 0 Å².